The van der Waals surface area contributed by atoms with Gasteiger partial charge in [-0.3, -0.25) is 4.79 Å². The molecular formula is C21H26FN3O2. The van der Waals surface area contributed by atoms with Crippen LogP contribution in [0.15, 0.2) is 42.5 Å². The average Bonchev–Trinajstić information content (AvgIpc) is 3.15. The molecular weight excluding hydrogens is 345 g/mol. The normalized spacial score (nSPS) is 16.8. The van der Waals surface area contributed by atoms with Crippen molar-refractivity contribution in [3.05, 3.63) is 59.4 Å². The fourth-order valence-electron chi connectivity index (χ4n) is 3.28. The highest BCUT2D eigenvalue weighted by molar-refractivity contribution is 5.95. The quantitative estimate of drug-likeness (QED) is 0.848. The van der Waals surface area contributed by atoms with Gasteiger partial charge in [-0.05, 0) is 69.4 Å². The Morgan fingerprint density at radius 3 is 2.56 bits per heavy atom. The van der Waals surface area contributed by atoms with Crippen molar-refractivity contribution < 1.29 is 13.9 Å². The number of nitrogens with two attached hydrogens (primary N) is 1. The summed E-state index contributed by atoms with van der Waals surface area (Å²) in [6, 6.07) is 12.2. The van der Waals surface area contributed by atoms with Gasteiger partial charge in [0.25, 0.3) is 5.91 Å². The van der Waals surface area contributed by atoms with Crippen LogP contribution in [0.5, 0.6) is 11.5 Å². The first-order valence-corrected chi connectivity index (χ1v) is 9.20. The van der Waals surface area contributed by atoms with Crippen LogP contribution in [0.3, 0.4) is 0 Å². The van der Waals surface area contributed by atoms with Crippen LogP contribution < -0.4 is 10.5 Å². The summed E-state index contributed by atoms with van der Waals surface area (Å²) in [5.74, 6) is 0.254. The number of likely N-dealkylation sites (N-methyl/N-ethyl adjacent to an activating group) is 1. The molecule has 0 radical (unpaired) electrons. The van der Waals surface area contributed by atoms with Crippen molar-refractivity contribution in [3.8, 4) is 11.5 Å². The highest BCUT2D eigenvalue weighted by Crippen LogP contribution is 2.26. The highest BCUT2D eigenvalue weighted by Gasteiger charge is 2.29. The van der Waals surface area contributed by atoms with Crippen LogP contribution in [0.2, 0.25) is 0 Å². The molecule has 1 saturated heterocycles. The summed E-state index contributed by atoms with van der Waals surface area (Å²) in [6.45, 7) is 1.84. The lowest BCUT2D eigenvalue weighted by Crippen LogP contribution is -2.34. The number of benzene rings is 2. The van der Waals surface area contributed by atoms with Gasteiger partial charge in [-0.1, -0.05) is 12.1 Å². The molecule has 1 aliphatic heterocycles. The molecule has 0 saturated carbocycles. The predicted octanol–water partition coefficient (Wildman–Crippen LogP) is 2.90. The van der Waals surface area contributed by atoms with Crippen LogP contribution in [-0.4, -0.2) is 55.5 Å². The third-order valence-electron chi connectivity index (χ3n) is 4.94. The molecule has 6 heteroatoms. The molecule has 27 heavy (non-hydrogen) atoms. The molecule has 0 aromatic heterocycles. The van der Waals surface area contributed by atoms with Crippen LogP contribution in [0.25, 0.3) is 0 Å². The SMILES string of the molecule is CN(C)C1CCN(C(=O)c2cc(Oc3ccc(CCN)cc3)ccc2F)C1. The molecule has 5 nitrogen and oxygen atoms in total. The molecule has 1 fully saturated rings. The summed E-state index contributed by atoms with van der Waals surface area (Å²) in [6.07, 6.45) is 1.70. The summed E-state index contributed by atoms with van der Waals surface area (Å²) < 4.78 is 20.1. The first-order valence-electron chi connectivity index (χ1n) is 9.20. The lowest BCUT2D eigenvalue weighted by Gasteiger charge is -2.20. The number of hydrogen-bond donors (Lipinski definition) is 1. The molecule has 1 amide bonds. The number of rotatable bonds is 6. The standard InChI is InChI=1S/C21H26FN3O2/c1-24(2)16-10-12-25(14-16)21(26)19-13-18(7-8-20(19)22)27-17-5-3-15(4-6-17)9-11-23/h3-8,13,16H,9-12,14,23H2,1-2H3. The van der Waals surface area contributed by atoms with Gasteiger partial charge in [0.05, 0.1) is 5.56 Å². The van der Waals surface area contributed by atoms with Crippen LogP contribution in [-0.2, 0) is 6.42 Å². The first kappa shape index (κ1) is 19.3. The molecule has 0 bridgehead atoms. The van der Waals surface area contributed by atoms with Gasteiger partial charge >= 0.3 is 0 Å². The minimum absolute atomic E-state index is 0.0478. The fraction of sp³-hybridized carbons (Fsp3) is 0.381. The van der Waals surface area contributed by atoms with Gasteiger partial charge in [-0.15, -0.1) is 0 Å². The van der Waals surface area contributed by atoms with Crippen molar-refractivity contribution in [2.45, 2.75) is 18.9 Å². The molecule has 144 valence electrons. The van der Waals surface area contributed by atoms with E-state index in [2.05, 4.69) is 4.90 Å². The molecule has 1 unspecified atom stereocenters. The lowest BCUT2D eigenvalue weighted by molar-refractivity contribution is 0.0778. The van der Waals surface area contributed by atoms with E-state index in [1.54, 1.807) is 4.90 Å². The van der Waals surface area contributed by atoms with Crippen molar-refractivity contribution >= 4 is 5.91 Å². The van der Waals surface area contributed by atoms with E-state index in [-0.39, 0.29) is 11.5 Å². The molecule has 0 aliphatic carbocycles. The average molecular weight is 371 g/mol. The number of amides is 1. The van der Waals surface area contributed by atoms with Gasteiger partial charge in [-0.2, -0.15) is 0 Å². The summed E-state index contributed by atoms with van der Waals surface area (Å²) in [4.78, 5) is 16.6. The zero-order valence-corrected chi connectivity index (χ0v) is 15.8. The summed E-state index contributed by atoms with van der Waals surface area (Å²) in [7, 11) is 3.99. The van der Waals surface area contributed by atoms with E-state index in [1.807, 2.05) is 38.4 Å². The second-order valence-electron chi connectivity index (χ2n) is 7.08. The second-order valence-corrected chi connectivity index (χ2v) is 7.08. The Balaban J connectivity index is 1.73. The minimum Gasteiger partial charge on any atom is -0.457 e. The number of likely N-dealkylation sites (tertiary alicyclic amines) is 1. The summed E-state index contributed by atoms with van der Waals surface area (Å²) in [5.41, 5.74) is 6.73. The second kappa shape index (κ2) is 8.50. The molecule has 1 atom stereocenters. The largest absolute Gasteiger partial charge is 0.457 e. The van der Waals surface area contributed by atoms with Crippen LogP contribution >= 0.6 is 0 Å². The Morgan fingerprint density at radius 2 is 1.93 bits per heavy atom. The Labute approximate surface area is 159 Å². The fourth-order valence-corrected chi connectivity index (χ4v) is 3.28. The lowest BCUT2D eigenvalue weighted by atomic mass is 10.1. The molecule has 3 rings (SSSR count). The van der Waals surface area contributed by atoms with Crippen LogP contribution in [0.4, 0.5) is 4.39 Å². The zero-order chi connectivity index (χ0) is 19.4. The van der Waals surface area contributed by atoms with Gasteiger partial charge in [0.15, 0.2) is 0 Å². The van der Waals surface area contributed by atoms with E-state index < -0.39 is 5.82 Å². The Bertz CT molecular complexity index is 793. The minimum atomic E-state index is -0.529. The first-order chi connectivity index (χ1) is 13.0. The van der Waals surface area contributed by atoms with E-state index in [4.69, 9.17) is 10.5 Å². The van der Waals surface area contributed by atoms with Crippen LogP contribution in [0.1, 0.15) is 22.3 Å². The maximum atomic E-state index is 14.3. The van der Waals surface area contributed by atoms with E-state index >= 15 is 0 Å². The summed E-state index contributed by atoms with van der Waals surface area (Å²) in [5, 5.41) is 0. The molecule has 1 aliphatic rings. The van der Waals surface area contributed by atoms with Gasteiger partial charge in [0.1, 0.15) is 17.3 Å². The highest BCUT2D eigenvalue weighted by atomic mass is 19.1. The maximum absolute atomic E-state index is 14.3. The van der Waals surface area contributed by atoms with E-state index in [0.29, 0.717) is 37.2 Å². The number of halogens is 1. The summed E-state index contributed by atoms with van der Waals surface area (Å²) >= 11 is 0. The molecule has 2 N–H and O–H groups in total. The van der Waals surface area contributed by atoms with E-state index in [0.717, 1.165) is 18.4 Å². The third kappa shape index (κ3) is 4.64. The Kier molecular flexibility index (Phi) is 6.08. The number of hydrogen-bond acceptors (Lipinski definition) is 4. The Hall–Kier alpha value is -2.44. The van der Waals surface area contributed by atoms with E-state index in [1.165, 1.54) is 18.2 Å². The number of carbonyl (C=O) groups excluding carboxylic acids is 1. The van der Waals surface area contributed by atoms with Gasteiger partial charge in [-0.25, -0.2) is 4.39 Å². The number of carbonyl (C=O) groups is 1. The van der Waals surface area contributed by atoms with Crippen molar-refractivity contribution in [1.29, 1.82) is 0 Å². The molecule has 2 aromatic rings. The zero-order valence-electron chi connectivity index (χ0n) is 15.8. The third-order valence-corrected chi connectivity index (χ3v) is 4.94. The monoisotopic (exact) mass is 371 g/mol. The van der Waals surface area contributed by atoms with Crippen molar-refractivity contribution in [2.24, 2.45) is 5.73 Å². The van der Waals surface area contributed by atoms with Crippen molar-refractivity contribution in [3.63, 3.8) is 0 Å². The molecule has 1 heterocycles. The molecule has 0 spiro atoms. The van der Waals surface area contributed by atoms with Crippen LogP contribution in [0, 0.1) is 5.82 Å². The maximum Gasteiger partial charge on any atom is 0.257 e. The number of ether oxygens (including phenoxy) is 1. The van der Waals surface area contributed by atoms with Gasteiger partial charge in [0, 0.05) is 19.1 Å². The number of nitrogens with zero attached hydrogens (tertiary/aromatic N) is 2. The topological polar surface area (TPSA) is 58.8 Å². The van der Waals surface area contributed by atoms with E-state index in [9.17, 15) is 9.18 Å². The molecule has 2 aromatic carbocycles. The predicted molar refractivity (Wildman–Crippen MR) is 104 cm³/mol. The van der Waals surface area contributed by atoms with Crippen molar-refractivity contribution in [1.82, 2.24) is 9.80 Å². The smallest absolute Gasteiger partial charge is 0.257 e. The van der Waals surface area contributed by atoms with Crippen molar-refractivity contribution in [2.75, 3.05) is 33.7 Å². The Morgan fingerprint density at radius 1 is 1.22 bits per heavy atom. The van der Waals surface area contributed by atoms with Gasteiger partial charge < -0.3 is 20.3 Å². The van der Waals surface area contributed by atoms with Gasteiger partial charge in [0.2, 0.25) is 0 Å².